The highest BCUT2D eigenvalue weighted by Gasteiger charge is 2.29. The minimum atomic E-state index is 0.572. The van der Waals surface area contributed by atoms with Gasteiger partial charge >= 0.3 is 0 Å². The molecule has 118 valence electrons. The van der Waals surface area contributed by atoms with Crippen LogP contribution in [0.2, 0.25) is 0 Å². The molecule has 0 saturated carbocycles. The van der Waals surface area contributed by atoms with Gasteiger partial charge < -0.3 is 14.8 Å². The van der Waals surface area contributed by atoms with Crippen LogP contribution < -0.4 is 14.8 Å². The molecule has 0 radical (unpaired) electrons. The van der Waals surface area contributed by atoms with Crippen LogP contribution in [0.4, 0.5) is 0 Å². The normalized spacial score (nSPS) is 22.4. The summed E-state index contributed by atoms with van der Waals surface area (Å²) in [7, 11) is 3.37. The second-order valence-electron chi connectivity index (χ2n) is 6.22. The molecule has 3 nitrogen and oxygen atoms in total. The Morgan fingerprint density at radius 3 is 2.52 bits per heavy atom. The van der Waals surface area contributed by atoms with Crippen molar-refractivity contribution in [1.82, 2.24) is 5.32 Å². The summed E-state index contributed by atoms with van der Waals surface area (Å²) in [4.78, 5) is 0. The number of nitrogens with one attached hydrogen (secondary N) is 1. The minimum absolute atomic E-state index is 0.572. The fourth-order valence-corrected chi connectivity index (χ4v) is 3.96. The molecule has 0 amide bonds. The van der Waals surface area contributed by atoms with E-state index in [0.717, 1.165) is 35.0 Å². The van der Waals surface area contributed by atoms with Gasteiger partial charge in [0.2, 0.25) is 0 Å². The van der Waals surface area contributed by atoms with Crippen LogP contribution in [0.15, 0.2) is 16.6 Å². The Morgan fingerprint density at radius 2 is 1.90 bits per heavy atom. The fourth-order valence-electron chi connectivity index (χ4n) is 3.34. The smallest absolute Gasteiger partial charge is 0.161 e. The standard InChI is InChI=1S/C17H26BrNO2/c1-11(2)7-12-10-19-6-5-13(12)14-8-16(20-3)17(21-4)9-15(14)18/h8-9,11-13,19H,5-7,10H2,1-4H3. The van der Waals surface area contributed by atoms with Crippen molar-refractivity contribution in [3.05, 3.63) is 22.2 Å². The van der Waals surface area contributed by atoms with Gasteiger partial charge in [0.05, 0.1) is 14.2 Å². The molecule has 0 aromatic heterocycles. The van der Waals surface area contributed by atoms with Gasteiger partial charge in [-0.1, -0.05) is 29.8 Å². The first-order chi connectivity index (χ1) is 10.1. The van der Waals surface area contributed by atoms with E-state index in [-0.39, 0.29) is 0 Å². The van der Waals surface area contributed by atoms with Crippen LogP contribution in [-0.2, 0) is 0 Å². The van der Waals surface area contributed by atoms with E-state index in [1.807, 2.05) is 6.07 Å². The van der Waals surface area contributed by atoms with E-state index in [4.69, 9.17) is 9.47 Å². The van der Waals surface area contributed by atoms with Crippen LogP contribution in [0.1, 0.15) is 38.2 Å². The lowest BCUT2D eigenvalue weighted by Crippen LogP contribution is -2.36. The van der Waals surface area contributed by atoms with Crippen molar-refractivity contribution in [1.29, 1.82) is 0 Å². The van der Waals surface area contributed by atoms with Crippen LogP contribution >= 0.6 is 15.9 Å². The Hall–Kier alpha value is -0.740. The number of hydrogen-bond acceptors (Lipinski definition) is 3. The monoisotopic (exact) mass is 355 g/mol. The molecule has 0 aliphatic carbocycles. The van der Waals surface area contributed by atoms with Crippen molar-refractivity contribution >= 4 is 15.9 Å². The van der Waals surface area contributed by atoms with E-state index in [2.05, 4.69) is 41.2 Å². The zero-order chi connectivity index (χ0) is 15.4. The van der Waals surface area contributed by atoms with Crippen molar-refractivity contribution in [3.63, 3.8) is 0 Å². The predicted octanol–water partition coefficient (Wildman–Crippen LogP) is 4.21. The molecular formula is C17H26BrNO2. The van der Waals surface area contributed by atoms with Crippen molar-refractivity contribution in [2.75, 3.05) is 27.3 Å². The van der Waals surface area contributed by atoms with E-state index in [1.54, 1.807) is 14.2 Å². The number of halogens is 1. The highest BCUT2D eigenvalue weighted by molar-refractivity contribution is 9.10. The van der Waals surface area contributed by atoms with Gasteiger partial charge in [-0.2, -0.15) is 0 Å². The van der Waals surface area contributed by atoms with Crippen LogP contribution in [0.3, 0.4) is 0 Å². The van der Waals surface area contributed by atoms with E-state index in [0.29, 0.717) is 11.8 Å². The van der Waals surface area contributed by atoms with E-state index >= 15 is 0 Å². The quantitative estimate of drug-likeness (QED) is 0.858. The van der Waals surface area contributed by atoms with Gasteiger partial charge in [0, 0.05) is 4.47 Å². The average molecular weight is 356 g/mol. The molecule has 1 aliphatic heterocycles. The average Bonchev–Trinajstić information content (AvgIpc) is 2.47. The maximum absolute atomic E-state index is 5.48. The number of piperidine rings is 1. The summed E-state index contributed by atoms with van der Waals surface area (Å²) in [5, 5.41) is 3.54. The summed E-state index contributed by atoms with van der Waals surface area (Å²) >= 11 is 3.72. The third-order valence-electron chi connectivity index (χ3n) is 4.28. The molecule has 2 atom stereocenters. The summed E-state index contributed by atoms with van der Waals surface area (Å²) in [5.41, 5.74) is 1.35. The largest absolute Gasteiger partial charge is 0.493 e. The number of rotatable bonds is 5. The molecule has 1 saturated heterocycles. The first kappa shape index (κ1) is 16.6. The lowest BCUT2D eigenvalue weighted by Gasteiger charge is -2.34. The van der Waals surface area contributed by atoms with Crippen molar-refractivity contribution in [2.24, 2.45) is 11.8 Å². The molecule has 1 aliphatic rings. The Kier molecular flexibility index (Phi) is 5.94. The van der Waals surface area contributed by atoms with Crippen LogP contribution in [0, 0.1) is 11.8 Å². The molecular weight excluding hydrogens is 330 g/mol. The summed E-state index contributed by atoms with van der Waals surface area (Å²) in [6, 6.07) is 4.18. The number of benzene rings is 1. The highest BCUT2D eigenvalue weighted by Crippen LogP contribution is 2.42. The molecule has 1 aromatic rings. The van der Waals surface area contributed by atoms with Gasteiger partial charge in [-0.3, -0.25) is 0 Å². The molecule has 0 spiro atoms. The van der Waals surface area contributed by atoms with E-state index in [9.17, 15) is 0 Å². The van der Waals surface area contributed by atoms with Gasteiger partial charge in [-0.05, 0) is 61.4 Å². The maximum Gasteiger partial charge on any atom is 0.161 e. The molecule has 1 N–H and O–H groups in total. The third kappa shape index (κ3) is 3.92. The van der Waals surface area contributed by atoms with Crippen LogP contribution in [0.5, 0.6) is 11.5 Å². The summed E-state index contributed by atoms with van der Waals surface area (Å²) in [6.45, 7) is 6.79. The predicted molar refractivity (Wildman–Crippen MR) is 90.4 cm³/mol. The number of ether oxygens (including phenoxy) is 2. The second-order valence-corrected chi connectivity index (χ2v) is 7.07. The summed E-state index contributed by atoms with van der Waals surface area (Å²) < 4.78 is 12.0. The van der Waals surface area contributed by atoms with Gasteiger partial charge in [0.25, 0.3) is 0 Å². The summed E-state index contributed by atoms with van der Waals surface area (Å²) in [6.07, 6.45) is 2.42. The Bertz CT molecular complexity index is 476. The second kappa shape index (κ2) is 7.50. The lowest BCUT2D eigenvalue weighted by molar-refractivity contribution is 0.278. The summed E-state index contributed by atoms with van der Waals surface area (Å²) in [5.74, 6) is 3.56. The molecule has 2 rings (SSSR count). The maximum atomic E-state index is 5.48. The fraction of sp³-hybridized carbons (Fsp3) is 0.647. The SMILES string of the molecule is COc1cc(Br)c(C2CCNCC2CC(C)C)cc1OC. The zero-order valence-corrected chi connectivity index (χ0v) is 15.0. The van der Waals surface area contributed by atoms with Gasteiger partial charge in [-0.25, -0.2) is 0 Å². The van der Waals surface area contributed by atoms with Crippen LogP contribution in [-0.4, -0.2) is 27.3 Å². The van der Waals surface area contributed by atoms with Gasteiger partial charge in [0.1, 0.15) is 0 Å². The molecule has 21 heavy (non-hydrogen) atoms. The molecule has 0 bridgehead atoms. The third-order valence-corrected chi connectivity index (χ3v) is 4.97. The first-order valence-corrected chi connectivity index (χ1v) is 8.48. The molecule has 4 heteroatoms. The Balaban J connectivity index is 2.33. The van der Waals surface area contributed by atoms with Crippen molar-refractivity contribution in [3.8, 4) is 11.5 Å². The van der Waals surface area contributed by atoms with E-state index in [1.165, 1.54) is 18.4 Å². The van der Waals surface area contributed by atoms with Crippen molar-refractivity contribution in [2.45, 2.75) is 32.6 Å². The Labute approximate surface area is 136 Å². The topological polar surface area (TPSA) is 30.5 Å². The van der Waals surface area contributed by atoms with Gasteiger partial charge in [-0.15, -0.1) is 0 Å². The Morgan fingerprint density at radius 1 is 1.24 bits per heavy atom. The highest BCUT2D eigenvalue weighted by atomic mass is 79.9. The zero-order valence-electron chi connectivity index (χ0n) is 13.4. The molecule has 1 fully saturated rings. The van der Waals surface area contributed by atoms with Crippen molar-refractivity contribution < 1.29 is 9.47 Å². The first-order valence-electron chi connectivity index (χ1n) is 7.69. The van der Waals surface area contributed by atoms with E-state index < -0.39 is 0 Å². The molecule has 1 aromatic carbocycles. The molecule has 2 unspecified atom stereocenters. The van der Waals surface area contributed by atoms with Crippen LogP contribution in [0.25, 0.3) is 0 Å². The number of methoxy groups -OCH3 is 2. The number of hydrogen-bond donors (Lipinski definition) is 1. The minimum Gasteiger partial charge on any atom is -0.493 e. The lowest BCUT2D eigenvalue weighted by atomic mass is 9.77. The molecule has 1 heterocycles. The van der Waals surface area contributed by atoms with Gasteiger partial charge in [0.15, 0.2) is 11.5 Å².